The Hall–Kier alpha value is -1.82. The highest BCUT2D eigenvalue weighted by Crippen LogP contribution is 2.38. The van der Waals surface area contributed by atoms with Crippen LogP contribution >= 0.6 is 11.8 Å². The SMILES string of the molecule is COC(=O)[C@]1(CC(=O)C(C)(C)C)NN=C(c2ccccc2)S1. The Bertz CT molecular complexity index is 608. The normalized spacial score (nSPS) is 21.0. The van der Waals surface area contributed by atoms with Crippen LogP contribution in [0.1, 0.15) is 32.8 Å². The van der Waals surface area contributed by atoms with Gasteiger partial charge in [-0.25, -0.2) is 4.79 Å². The van der Waals surface area contributed by atoms with Gasteiger partial charge in [0.1, 0.15) is 10.8 Å². The van der Waals surface area contributed by atoms with E-state index in [1.807, 2.05) is 51.1 Å². The van der Waals surface area contributed by atoms with Crippen LogP contribution in [0.15, 0.2) is 35.4 Å². The second-order valence-corrected chi connectivity index (χ2v) is 7.45. The van der Waals surface area contributed by atoms with Crippen molar-refractivity contribution in [2.75, 3.05) is 7.11 Å². The Balaban J connectivity index is 2.24. The molecule has 5 nitrogen and oxygen atoms in total. The number of carbonyl (C=O) groups excluding carboxylic acids is 2. The average molecular weight is 320 g/mol. The van der Waals surface area contributed by atoms with E-state index in [0.717, 1.165) is 5.56 Å². The zero-order chi connectivity index (χ0) is 16.4. The maximum Gasteiger partial charge on any atom is 0.344 e. The van der Waals surface area contributed by atoms with Crippen molar-refractivity contribution in [1.82, 2.24) is 5.43 Å². The fraction of sp³-hybridized carbons (Fsp3) is 0.438. The molecule has 0 bridgehead atoms. The van der Waals surface area contributed by atoms with Gasteiger partial charge in [0.15, 0.2) is 0 Å². The summed E-state index contributed by atoms with van der Waals surface area (Å²) in [5, 5.41) is 4.91. The van der Waals surface area contributed by atoms with E-state index in [1.165, 1.54) is 18.9 Å². The zero-order valence-electron chi connectivity index (χ0n) is 13.2. The van der Waals surface area contributed by atoms with E-state index >= 15 is 0 Å². The van der Waals surface area contributed by atoms with Crippen LogP contribution in [-0.2, 0) is 14.3 Å². The molecule has 0 fully saturated rings. The van der Waals surface area contributed by atoms with Crippen molar-refractivity contribution in [2.45, 2.75) is 32.1 Å². The number of thioether (sulfide) groups is 1. The molecule has 0 saturated carbocycles. The third-order valence-electron chi connectivity index (χ3n) is 3.39. The number of methoxy groups -OCH3 is 1. The molecule has 2 rings (SSSR count). The highest BCUT2D eigenvalue weighted by atomic mass is 32.2. The van der Waals surface area contributed by atoms with E-state index < -0.39 is 16.3 Å². The number of hydrogen-bond acceptors (Lipinski definition) is 6. The number of nitrogens with one attached hydrogen (secondary N) is 1. The minimum atomic E-state index is -1.19. The molecule has 0 saturated heterocycles. The molecule has 1 N–H and O–H groups in total. The summed E-state index contributed by atoms with van der Waals surface area (Å²) in [7, 11) is 1.31. The van der Waals surface area contributed by atoms with E-state index in [0.29, 0.717) is 5.04 Å². The van der Waals surface area contributed by atoms with Crippen molar-refractivity contribution in [3.05, 3.63) is 35.9 Å². The van der Waals surface area contributed by atoms with Crippen molar-refractivity contribution in [3.8, 4) is 0 Å². The smallest absolute Gasteiger partial charge is 0.344 e. The third kappa shape index (κ3) is 3.32. The maximum atomic E-state index is 12.4. The summed E-state index contributed by atoms with van der Waals surface area (Å²) in [5.41, 5.74) is 3.20. The van der Waals surface area contributed by atoms with Crippen LogP contribution in [0.25, 0.3) is 0 Å². The Labute approximate surface area is 134 Å². The molecule has 0 aromatic heterocycles. The molecular formula is C16H20N2O3S. The summed E-state index contributed by atoms with van der Waals surface area (Å²) in [5.74, 6) is -0.521. The fourth-order valence-corrected chi connectivity index (χ4v) is 3.08. The molecule has 1 aromatic carbocycles. The average Bonchev–Trinajstić information content (AvgIpc) is 2.92. The van der Waals surface area contributed by atoms with Gasteiger partial charge in [-0.2, -0.15) is 5.10 Å². The number of ketones is 1. The van der Waals surface area contributed by atoms with Crippen LogP contribution in [0.5, 0.6) is 0 Å². The molecule has 0 radical (unpaired) electrons. The van der Waals surface area contributed by atoms with Gasteiger partial charge < -0.3 is 4.74 Å². The highest BCUT2D eigenvalue weighted by molar-refractivity contribution is 8.16. The first-order valence-electron chi connectivity index (χ1n) is 6.99. The lowest BCUT2D eigenvalue weighted by atomic mass is 9.87. The summed E-state index contributed by atoms with van der Waals surface area (Å²) in [4.78, 5) is 23.4. The van der Waals surface area contributed by atoms with Crippen molar-refractivity contribution in [3.63, 3.8) is 0 Å². The van der Waals surface area contributed by atoms with Gasteiger partial charge in [0, 0.05) is 11.0 Å². The van der Waals surface area contributed by atoms with Crippen LogP contribution in [-0.4, -0.2) is 28.8 Å². The molecular weight excluding hydrogens is 300 g/mol. The minimum absolute atomic E-state index is 0.0215. The minimum Gasteiger partial charge on any atom is -0.467 e. The lowest BCUT2D eigenvalue weighted by Gasteiger charge is -2.27. The zero-order valence-corrected chi connectivity index (χ0v) is 14.0. The number of benzene rings is 1. The predicted molar refractivity (Wildman–Crippen MR) is 87.5 cm³/mol. The monoisotopic (exact) mass is 320 g/mol. The van der Waals surface area contributed by atoms with E-state index in [-0.39, 0.29) is 12.2 Å². The Kier molecular flexibility index (Phi) is 4.60. The lowest BCUT2D eigenvalue weighted by molar-refractivity contribution is -0.146. The summed E-state index contributed by atoms with van der Waals surface area (Å²) in [6, 6.07) is 9.53. The maximum absolute atomic E-state index is 12.4. The summed E-state index contributed by atoms with van der Waals surface area (Å²) < 4.78 is 4.89. The van der Waals surface area contributed by atoms with Gasteiger partial charge >= 0.3 is 5.97 Å². The molecule has 0 unspecified atom stereocenters. The molecule has 1 aliphatic rings. The summed E-state index contributed by atoms with van der Waals surface area (Å²) >= 11 is 1.23. The number of carbonyl (C=O) groups is 2. The molecule has 0 amide bonds. The fourth-order valence-electron chi connectivity index (χ4n) is 1.95. The van der Waals surface area contributed by atoms with Crippen LogP contribution in [0, 0.1) is 5.41 Å². The van der Waals surface area contributed by atoms with E-state index in [9.17, 15) is 9.59 Å². The largest absolute Gasteiger partial charge is 0.467 e. The first kappa shape index (κ1) is 16.5. The number of ether oxygens (including phenoxy) is 1. The first-order valence-corrected chi connectivity index (χ1v) is 7.81. The molecule has 0 spiro atoms. The summed E-state index contributed by atoms with van der Waals surface area (Å²) in [6.07, 6.45) is 0.0215. The van der Waals surface area contributed by atoms with Crippen molar-refractivity contribution in [1.29, 1.82) is 0 Å². The van der Waals surface area contributed by atoms with Gasteiger partial charge in [0.2, 0.25) is 4.87 Å². The number of esters is 1. The van der Waals surface area contributed by atoms with Crippen LogP contribution in [0.3, 0.4) is 0 Å². The first-order chi connectivity index (χ1) is 10.3. The molecule has 1 aliphatic heterocycles. The third-order valence-corrected chi connectivity index (χ3v) is 4.66. The molecule has 0 aliphatic carbocycles. The van der Waals surface area contributed by atoms with Gasteiger partial charge in [-0.1, -0.05) is 62.9 Å². The van der Waals surface area contributed by atoms with E-state index in [4.69, 9.17) is 4.74 Å². The van der Waals surface area contributed by atoms with Gasteiger partial charge in [0.25, 0.3) is 0 Å². The van der Waals surface area contributed by atoms with E-state index in [2.05, 4.69) is 10.5 Å². The second kappa shape index (κ2) is 6.12. The van der Waals surface area contributed by atoms with Gasteiger partial charge in [-0.05, 0) is 0 Å². The van der Waals surface area contributed by atoms with Crippen LogP contribution in [0.2, 0.25) is 0 Å². The van der Waals surface area contributed by atoms with Gasteiger partial charge in [-0.15, -0.1) is 0 Å². The molecule has 118 valence electrons. The number of nitrogens with zero attached hydrogens (tertiary/aromatic N) is 1. The molecule has 1 atom stereocenters. The number of Topliss-reactive ketones (excluding diaryl/α,β-unsaturated/α-hetero) is 1. The van der Waals surface area contributed by atoms with Crippen molar-refractivity contribution in [2.24, 2.45) is 10.5 Å². The van der Waals surface area contributed by atoms with Gasteiger partial charge in [-0.3, -0.25) is 10.2 Å². The molecule has 22 heavy (non-hydrogen) atoms. The van der Waals surface area contributed by atoms with Crippen LogP contribution in [0.4, 0.5) is 0 Å². The summed E-state index contributed by atoms with van der Waals surface area (Å²) in [6.45, 7) is 5.50. The topological polar surface area (TPSA) is 67.8 Å². The predicted octanol–water partition coefficient (Wildman–Crippen LogP) is 2.56. The molecule has 1 aromatic rings. The number of rotatable bonds is 4. The lowest BCUT2D eigenvalue weighted by Crippen LogP contribution is -2.48. The number of hydrazone groups is 1. The van der Waals surface area contributed by atoms with E-state index in [1.54, 1.807) is 0 Å². The van der Waals surface area contributed by atoms with Crippen molar-refractivity contribution >= 4 is 28.6 Å². The Morgan fingerprint density at radius 3 is 2.45 bits per heavy atom. The standard InChI is InChI=1S/C16H20N2O3S/c1-15(2,3)12(19)10-16(14(20)21-4)18-17-13(22-16)11-8-6-5-7-9-11/h5-9,18H,10H2,1-4H3/t16-/m1/s1. The Morgan fingerprint density at radius 2 is 1.91 bits per heavy atom. The van der Waals surface area contributed by atoms with Gasteiger partial charge in [0.05, 0.1) is 13.5 Å². The quantitative estimate of drug-likeness (QED) is 0.864. The van der Waals surface area contributed by atoms with Crippen LogP contribution < -0.4 is 5.43 Å². The van der Waals surface area contributed by atoms with Crippen molar-refractivity contribution < 1.29 is 14.3 Å². The highest BCUT2D eigenvalue weighted by Gasteiger charge is 2.48. The molecule has 1 heterocycles. The second-order valence-electron chi connectivity index (χ2n) is 6.17. The Morgan fingerprint density at radius 1 is 1.27 bits per heavy atom. The number of hydrogen-bond donors (Lipinski definition) is 1. The molecule has 6 heteroatoms.